The fraction of sp³-hybridized carbons (Fsp3) is 0.375. The second kappa shape index (κ2) is 5.37. The van der Waals surface area contributed by atoms with Gasteiger partial charge >= 0.3 is 0 Å². The van der Waals surface area contributed by atoms with Crippen molar-refractivity contribution in [1.29, 1.82) is 0 Å². The number of aromatic amines is 1. The van der Waals surface area contributed by atoms with E-state index in [-0.39, 0.29) is 5.41 Å². The Hall–Kier alpha value is -1.68. The molecule has 1 N–H and O–H groups in total. The molecule has 0 spiro atoms. The Balaban J connectivity index is 2.59. The number of aromatic nitrogens is 2. The maximum Gasteiger partial charge on any atom is 0.130 e. The van der Waals surface area contributed by atoms with Crippen LogP contribution in [0.2, 0.25) is 0 Å². The quantitative estimate of drug-likeness (QED) is 0.831. The van der Waals surface area contributed by atoms with Crippen molar-refractivity contribution in [2.75, 3.05) is 7.11 Å². The van der Waals surface area contributed by atoms with E-state index in [1.54, 1.807) is 7.11 Å². The predicted molar refractivity (Wildman–Crippen MR) is 84.8 cm³/mol. The van der Waals surface area contributed by atoms with Crippen LogP contribution in [0.4, 0.5) is 0 Å². The zero-order chi connectivity index (χ0) is 14.9. The van der Waals surface area contributed by atoms with E-state index >= 15 is 0 Å². The topological polar surface area (TPSA) is 37.9 Å². The standard InChI is InChI=1S/C16H20N2OS/c1-10-8-11(19-5)6-7-12(10)13-9-14(20)18-15(17-13)16(2,3)4/h6-9H,1-5H3,(H,17,18,20). The predicted octanol–water partition coefficient (Wildman–Crippen LogP) is 4.42. The maximum atomic E-state index is 5.29. The molecule has 2 rings (SSSR count). The molecule has 0 amide bonds. The third-order valence-corrected chi connectivity index (χ3v) is 3.39. The fourth-order valence-electron chi connectivity index (χ4n) is 2.02. The van der Waals surface area contributed by atoms with Gasteiger partial charge in [0.15, 0.2) is 0 Å². The van der Waals surface area contributed by atoms with Gasteiger partial charge in [0.2, 0.25) is 0 Å². The van der Waals surface area contributed by atoms with Gasteiger partial charge < -0.3 is 9.72 Å². The second-order valence-corrected chi connectivity index (χ2v) is 6.33. The van der Waals surface area contributed by atoms with E-state index < -0.39 is 0 Å². The zero-order valence-corrected chi connectivity index (χ0v) is 13.4. The zero-order valence-electron chi connectivity index (χ0n) is 12.6. The number of aryl methyl sites for hydroxylation is 1. The van der Waals surface area contributed by atoms with E-state index in [0.717, 1.165) is 28.4 Å². The summed E-state index contributed by atoms with van der Waals surface area (Å²) < 4.78 is 5.85. The summed E-state index contributed by atoms with van der Waals surface area (Å²) in [7, 11) is 1.67. The molecule has 0 saturated heterocycles. The van der Waals surface area contributed by atoms with Crippen molar-refractivity contribution in [2.24, 2.45) is 0 Å². The van der Waals surface area contributed by atoms with Gasteiger partial charge in [-0.05, 0) is 36.8 Å². The molecule has 1 aromatic heterocycles. The van der Waals surface area contributed by atoms with Gasteiger partial charge in [-0.1, -0.05) is 33.0 Å². The molecule has 2 aromatic rings. The van der Waals surface area contributed by atoms with Gasteiger partial charge in [-0.2, -0.15) is 0 Å². The molecule has 20 heavy (non-hydrogen) atoms. The SMILES string of the molecule is COc1ccc(-c2cc(=S)nc(C(C)(C)C)[nH]2)c(C)c1. The summed E-state index contributed by atoms with van der Waals surface area (Å²) in [5.74, 6) is 1.75. The Morgan fingerprint density at radius 2 is 1.90 bits per heavy atom. The van der Waals surface area contributed by atoms with Crippen molar-refractivity contribution < 1.29 is 4.74 Å². The lowest BCUT2D eigenvalue weighted by atomic mass is 9.95. The normalized spacial score (nSPS) is 11.4. The monoisotopic (exact) mass is 288 g/mol. The largest absolute Gasteiger partial charge is 0.497 e. The van der Waals surface area contributed by atoms with Crippen LogP contribution in [0.25, 0.3) is 11.3 Å². The average molecular weight is 288 g/mol. The number of hydrogen-bond acceptors (Lipinski definition) is 3. The summed E-state index contributed by atoms with van der Waals surface area (Å²) in [5, 5.41) is 0. The number of methoxy groups -OCH3 is 1. The van der Waals surface area contributed by atoms with E-state index in [1.165, 1.54) is 0 Å². The lowest BCUT2D eigenvalue weighted by Crippen LogP contribution is -2.16. The number of benzene rings is 1. The lowest BCUT2D eigenvalue weighted by molar-refractivity contribution is 0.414. The summed E-state index contributed by atoms with van der Waals surface area (Å²) in [5.41, 5.74) is 3.19. The Kier molecular flexibility index (Phi) is 3.95. The Morgan fingerprint density at radius 1 is 1.20 bits per heavy atom. The van der Waals surface area contributed by atoms with E-state index in [1.807, 2.05) is 24.3 Å². The van der Waals surface area contributed by atoms with Crippen LogP contribution in [0.5, 0.6) is 5.75 Å². The minimum absolute atomic E-state index is 0.0655. The smallest absolute Gasteiger partial charge is 0.130 e. The minimum Gasteiger partial charge on any atom is -0.497 e. The third-order valence-electron chi connectivity index (χ3n) is 3.18. The average Bonchev–Trinajstić information content (AvgIpc) is 2.36. The van der Waals surface area contributed by atoms with Crippen LogP contribution in [0, 0.1) is 11.6 Å². The van der Waals surface area contributed by atoms with E-state index in [0.29, 0.717) is 4.64 Å². The minimum atomic E-state index is -0.0655. The van der Waals surface area contributed by atoms with Crippen LogP contribution < -0.4 is 4.74 Å². The first-order chi connectivity index (χ1) is 9.31. The molecule has 106 valence electrons. The Bertz CT molecular complexity index is 684. The number of rotatable bonds is 2. The van der Waals surface area contributed by atoms with Gasteiger partial charge in [-0.25, -0.2) is 4.98 Å². The first kappa shape index (κ1) is 14.7. The van der Waals surface area contributed by atoms with Gasteiger partial charge in [-0.3, -0.25) is 0 Å². The van der Waals surface area contributed by atoms with Crippen LogP contribution >= 0.6 is 12.2 Å². The number of H-pyrrole nitrogens is 1. The molecule has 0 atom stereocenters. The summed E-state index contributed by atoms with van der Waals surface area (Å²) in [6, 6.07) is 7.92. The fourth-order valence-corrected chi connectivity index (χ4v) is 2.23. The number of hydrogen-bond donors (Lipinski definition) is 1. The highest BCUT2D eigenvalue weighted by molar-refractivity contribution is 7.71. The molecule has 0 aliphatic rings. The van der Waals surface area contributed by atoms with Gasteiger partial charge in [0.1, 0.15) is 16.2 Å². The van der Waals surface area contributed by atoms with E-state index in [4.69, 9.17) is 17.0 Å². The van der Waals surface area contributed by atoms with Crippen LogP contribution in [0.1, 0.15) is 32.2 Å². The molecular weight excluding hydrogens is 268 g/mol. The number of nitrogens with one attached hydrogen (secondary N) is 1. The van der Waals surface area contributed by atoms with Gasteiger partial charge in [0.05, 0.1) is 7.11 Å². The summed E-state index contributed by atoms with van der Waals surface area (Å²) >= 11 is 5.29. The molecule has 4 heteroatoms. The molecule has 1 aromatic carbocycles. The van der Waals surface area contributed by atoms with Crippen molar-refractivity contribution in [1.82, 2.24) is 9.97 Å². The van der Waals surface area contributed by atoms with Gasteiger partial charge in [0, 0.05) is 16.7 Å². The van der Waals surface area contributed by atoms with E-state index in [9.17, 15) is 0 Å². The molecule has 0 aliphatic carbocycles. The Labute approximate surface area is 125 Å². The summed E-state index contributed by atoms with van der Waals surface area (Å²) in [6.07, 6.45) is 0. The van der Waals surface area contributed by atoms with Gasteiger partial charge in [0.25, 0.3) is 0 Å². The molecule has 3 nitrogen and oxygen atoms in total. The molecule has 0 saturated carbocycles. The maximum absolute atomic E-state index is 5.29. The van der Waals surface area contributed by atoms with Crippen LogP contribution in [-0.4, -0.2) is 17.1 Å². The van der Waals surface area contributed by atoms with Crippen LogP contribution in [0.15, 0.2) is 24.3 Å². The molecule has 1 heterocycles. The Morgan fingerprint density at radius 3 is 2.45 bits per heavy atom. The molecule has 0 aliphatic heterocycles. The number of ether oxygens (including phenoxy) is 1. The molecule has 0 unspecified atom stereocenters. The van der Waals surface area contributed by atoms with E-state index in [2.05, 4.69) is 37.7 Å². The lowest BCUT2D eigenvalue weighted by Gasteiger charge is -2.19. The molecule has 0 radical (unpaired) electrons. The summed E-state index contributed by atoms with van der Waals surface area (Å²) in [4.78, 5) is 7.83. The number of nitrogens with zero attached hydrogens (tertiary/aromatic N) is 1. The highest BCUT2D eigenvalue weighted by Crippen LogP contribution is 2.27. The third kappa shape index (κ3) is 3.07. The van der Waals surface area contributed by atoms with Crippen molar-refractivity contribution in [3.63, 3.8) is 0 Å². The highest BCUT2D eigenvalue weighted by atomic mass is 32.1. The van der Waals surface area contributed by atoms with Crippen molar-refractivity contribution in [3.8, 4) is 17.0 Å². The molecule has 0 bridgehead atoms. The highest BCUT2D eigenvalue weighted by Gasteiger charge is 2.17. The van der Waals surface area contributed by atoms with Crippen molar-refractivity contribution in [2.45, 2.75) is 33.1 Å². The second-order valence-electron chi connectivity index (χ2n) is 5.91. The molecular formula is C16H20N2OS. The van der Waals surface area contributed by atoms with Crippen LogP contribution in [0.3, 0.4) is 0 Å². The van der Waals surface area contributed by atoms with Gasteiger partial charge in [-0.15, -0.1) is 0 Å². The summed E-state index contributed by atoms with van der Waals surface area (Å²) in [6.45, 7) is 8.41. The van der Waals surface area contributed by atoms with Crippen LogP contribution in [-0.2, 0) is 5.41 Å². The van der Waals surface area contributed by atoms with Crippen molar-refractivity contribution >= 4 is 12.2 Å². The first-order valence-corrected chi connectivity index (χ1v) is 6.99. The van der Waals surface area contributed by atoms with Crippen molar-refractivity contribution in [3.05, 3.63) is 40.3 Å². The molecule has 0 fully saturated rings. The first-order valence-electron chi connectivity index (χ1n) is 6.58.